The summed E-state index contributed by atoms with van der Waals surface area (Å²) in [6.45, 7) is 5.14. The van der Waals surface area contributed by atoms with Gasteiger partial charge in [0.15, 0.2) is 5.78 Å². The Kier molecular flexibility index (Phi) is 4.56. The van der Waals surface area contributed by atoms with Crippen LogP contribution in [0.3, 0.4) is 0 Å². The second kappa shape index (κ2) is 5.96. The lowest BCUT2D eigenvalue weighted by atomic mass is 10.1. The highest BCUT2D eigenvalue weighted by atomic mass is 32.2. The Bertz CT molecular complexity index is 392. The number of Topliss-reactive ketones (excluding diaryl/α,β-unsaturated/α-hetero) is 1. The number of carbonyl (C=O) groups is 1. The second-order valence-corrected chi connectivity index (χ2v) is 6.96. The lowest BCUT2D eigenvalue weighted by molar-refractivity contribution is 0.0989. The smallest absolute Gasteiger partial charge is 0.180 e. The summed E-state index contributed by atoms with van der Waals surface area (Å²) in [5, 5.41) is 4.74. The largest absolute Gasteiger partial charge is 0.293 e. The molecule has 1 aliphatic rings. The Morgan fingerprint density at radius 2 is 2.29 bits per heavy atom. The van der Waals surface area contributed by atoms with Crippen molar-refractivity contribution in [2.75, 3.05) is 11.5 Å². The SMILES string of the molecule is CCCn1cc(C(=O)C2SCCSC2C)cn1. The Balaban J connectivity index is 2.07. The van der Waals surface area contributed by atoms with E-state index in [4.69, 9.17) is 0 Å². The number of hydrogen-bond acceptors (Lipinski definition) is 4. The van der Waals surface area contributed by atoms with Gasteiger partial charge in [0.1, 0.15) is 0 Å². The molecule has 0 aliphatic carbocycles. The monoisotopic (exact) mass is 270 g/mol. The van der Waals surface area contributed by atoms with Gasteiger partial charge in [-0.05, 0) is 6.42 Å². The molecule has 0 N–H and O–H groups in total. The first kappa shape index (κ1) is 13.0. The van der Waals surface area contributed by atoms with Gasteiger partial charge in [-0.25, -0.2) is 0 Å². The van der Waals surface area contributed by atoms with Gasteiger partial charge in [-0.15, -0.1) is 11.8 Å². The van der Waals surface area contributed by atoms with Gasteiger partial charge in [0, 0.05) is 29.5 Å². The van der Waals surface area contributed by atoms with E-state index in [9.17, 15) is 4.79 Å². The van der Waals surface area contributed by atoms with Crippen molar-refractivity contribution in [2.45, 2.75) is 37.3 Å². The molecule has 1 aliphatic heterocycles. The van der Waals surface area contributed by atoms with Crippen LogP contribution in [0.1, 0.15) is 30.6 Å². The molecule has 0 bridgehead atoms. The third kappa shape index (κ3) is 3.07. The molecule has 0 spiro atoms. The third-order valence-electron chi connectivity index (χ3n) is 2.82. The summed E-state index contributed by atoms with van der Waals surface area (Å²) in [6.07, 6.45) is 4.64. The fraction of sp³-hybridized carbons (Fsp3) is 0.667. The van der Waals surface area contributed by atoms with E-state index < -0.39 is 0 Å². The van der Waals surface area contributed by atoms with Crippen LogP contribution >= 0.6 is 23.5 Å². The van der Waals surface area contributed by atoms with Crippen LogP contribution in [0.5, 0.6) is 0 Å². The molecule has 94 valence electrons. The molecule has 1 aromatic heterocycles. The van der Waals surface area contributed by atoms with E-state index in [1.165, 1.54) is 0 Å². The highest BCUT2D eigenvalue weighted by Gasteiger charge is 2.30. The van der Waals surface area contributed by atoms with E-state index in [2.05, 4.69) is 18.9 Å². The van der Waals surface area contributed by atoms with Crippen LogP contribution in [0.25, 0.3) is 0 Å². The minimum atomic E-state index is 0.105. The number of nitrogens with zero attached hydrogens (tertiary/aromatic N) is 2. The molecule has 0 aromatic carbocycles. The Morgan fingerprint density at radius 1 is 1.53 bits per heavy atom. The van der Waals surface area contributed by atoms with E-state index in [1.54, 1.807) is 18.0 Å². The van der Waals surface area contributed by atoms with Gasteiger partial charge in [0.2, 0.25) is 0 Å². The number of thioether (sulfide) groups is 2. The minimum absolute atomic E-state index is 0.105. The summed E-state index contributed by atoms with van der Waals surface area (Å²) in [4.78, 5) is 12.3. The first-order chi connectivity index (χ1) is 8.22. The Hall–Kier alpha value is -0.420. The number of hydrogen-bond donors (Lipinski definition) is 0. The second-order valence-electron chi connectivity index (χ2n) is 4.22. The molecule has 1 saturated heterocycles. The van der Waals surface area contributed by atoms with Crippen molar-refractivity contribution < 1.29 is 4.79 Å². The van der Waals surface area contributed by atoms with Crippen molar-refractivity contribution in [3.05, 3.63) is 18.0 Å². The number of aryl methyl sites for hydroxylation is 1. The van der Waals surface area contributed by atoms with Crippen molar-refractivity contribution in [3.63, 3.8) is 0 Å². The molecule has 2 atom stereocenters. The number of ketones is 1. The molecule has 2 rings (SSSR count). The zero-order valence-electron chi connectivity index (χ0n) is 10.3. The van der Waals surface area contributed by atoms with Gasteiger partial charge in [0.05, 0.1) is 17.0 Å². The molecule has 0 radical (unpaired) electrons. The fourth-order valence-corrected chi connectivity index (χ4v) is 4.65. The van der Waals surface area contributed by atoms with Gasteiger partial charge >= 0.3 is 0 Å². The van der Waals surface area contributed by atoms with E-state index in [1.807, 2.05) is 22.6 Å². The van der Waals surface area contributed by atoms with Crippen LogP contribution in [0.4, 0.5) is 0 Å². The van der Waals surface area contributed by atoms with Gasteiger partial charge in [0.25, 0.3) is 0 Å². The molecule has 0 saturated carbocycles. The molecule has 1 aromatic rings. The third-order valence-corrected chi connectivity index (χ3v) is 5.91. The quantitative estimate of drug-likeness (QED) is 0.788. The highest BCUT2D eigenvalue weighted by Crippen LogP contribution is 2.32. The molecule has 17 heavy (non-hydrogen) atoms. The molecule has 1 fully saturated rings. The molecule has 2 heterocycles. The molecular formula is C12H18N2OS2. The van der Waals surface area contributed by atoms with E-state index in [0.717, 1.165) is 30.0 Å². The van der Waals surface area contributed by atoms with Gasteiger partial charge in [-0.2, -0.15) is 16.9 Å². The van der Waals surface area contributed by atoms with E-state index in [0.29, 0.717) is 5.25 Å². The summed E-state index contributed by atoms with van der Waals surface area (Å²) >= 11 is 3.69. The van der Waals surface area contributed by atoms with Crippen LogP contribution in [0.15, 0.2) is 12.4 Å². The van der Waals surface area contributed by atoms with Crippen molar-refractivity contribution >= 4 is 29.3 Å². The summed E-state index contributed by atoms with van der Waals surface area (Å²) in [6, 6.07) is 0. The lowest BCUT2D eigenvalue weighted by Gasteiger charge is -2.26. The van der Waals surface area contributed by atoms with Crippen molar-refractivity contribution in [3.8, 4) is 0 Å². The highest BCUT2D eigenvalue weighted by molar-refractivity contribution is 8.07. The summed E-state index contributed by atoms with van der Waals surface area (Å²) in [7, 11) is 0. The van der Waals surface area contributed by atoms with Crippen LogP contribution in [-0.2, 0) is 6.54 Å². The zero-order chi connectivity index (χ0) is 12.3. The Morgan fingerprint density at radius 3 is 3.00 bits per heavy atom. The Labute approximate surface area is 111 Å². The number of rotatable bonds is 4. The first-order valence-electron chi connectivity index (χ1n) is 6.02. The van der Waals surface area contributed by atoms with Crippen LogP contribution in [0, 0.1) is 0 Å². The first-order valence-corrected chi connectivity index (χ1v) is 8.12. The molecular weight excluding hydrogens is 252 g/mol. The molecule has 0 amide bonds. The van der Waals surface area contributed by atoms with Crippen molar-refractivity contribution in [1.82, 2.24) is 9.78 Å². The zero-order valence-corrected chi connectivity index (χ0v) is 11.9. The van der Waals surface area contributed by atoms with Crippen molar-refractivity contribution in [2.24, 2.45) is 0 Å². The topological polar surface area (TPSA) is 34.9 Å². The average molecular weight is 270 g/mol. The van der Waals surface area contributed by atoms with E-state index in [-0.39, 0.29) is 11.0 Å². The van der Waals surface area contributed by atoms with Gasteiger partial charge in [-0.1, -0.05) is 13.8 Å². The predicted octanol–water partition coefficient (Wildman–Crippen LogP) is 2.71. The lowest BCUT2D eigenvalue weighted by Crippen LogP contribution is -2.30. The fourth-order valence-electron chi connectivity index (χ4n) is 1.93. The normalized spacial score (nSPS) is 24.8. The average Bonchev–Trinajstić information content (AvgIpc) is 2.78. The van der Waals surface area contributed by atoms with E-state index >= 15 is 0 Å². The van der Waals surface area contributed by atoms with Crippen LogP contribution in [-0.4, -0.2) is 37.6 Å². The maximum Gasteiger partial charge on any atom is 0.180 e. The maximum absolute atomic E-state index is 12.3. The van der Waals surface area contributed by atoms with Crippen LogP contribution < -0.4 is 0 Å². The number of aromatic nitrogens is 2. The predicted molar refractivity (Wildman–Crippen MR) is 75.0 cm³/mol. The molecule has 2 unspecified atom stereocenters. The van der Waals surface area contributed by atoms with Gasteiger partial charge < -0.3 is 0 Å². The van der Waals surface area contributed by atoms with Crippen LogP contribution in [0.2, 0.25) is 0 Å². The van der Waals surface area contributed by atoms with Crippen molar-refractivity contribution in [1.29, 1.82) is 0 Å². The summed E-state index contributed by atoms with van der Waals surface area (Å²) in [5.74, 6) is 2.48. The minimum Gasteiger partial charge on any atom is -0.293 e. The maximum atomic E-state index is 12.3. The summed E-state index contributed by atoms with van der Waals surface area (Å²) in [5.41, 5.74) is 0.769. The molecule has 3 nitrogen and oxygen atoms in total. The molecule has 5 heteroatoms. The standard InChI is InChI=1S/C12H18N2OS2/c1-3-4-14-8-10(7-13-14)11(15)12-9(2)16-5-6-17-12/h7-9,12H,3-6H2,1-2H3. The van der Waals surface area contributed by atoms with Gasteiger partial charge in [-0.3, -0.25) is 9.48 Å². The number of carbonyl (C=O) groups excluding carboxylic acids is 1. The summed E-state index contributed by atoms with van der Waals surface area (Å²) < 4.78 is 1.86.